The molecule has 2 atom stereocenters. The van der Waals surface area contributed by atoms with E-state index >= 15 is 0 Å². The Bertz CT molecular complexity index is 373. The van der Waals surface area contributed by atoms with E-state index in [9.17, 15) is 4.79 Å². The first-order chi connectivity index (χ1) is 7.45. The number of hydrogen-bond donors (Lipinski definition) is 2. The molecule has 0 saturated heterocycles. The lowest BCUT2D eigenvalue weighted by molar-refractivity contribution is -0.123. The first kappa shape index (κ1) is 13.2. The van der Waals surface area contributed by atoms with E-state index < -0.39 is 6.04 Å². The molecule has 3 N–H and O–H groups in total. The van der Waals surface area contributed by atoms with Crippen molar-refractivity contribution in [2.75, 3.05) is 0 Å². The molecular formula is C12H20N2OS. The molecule has 1 aromatic heterocycles. The van der Waals surface area contributed by atoms with Crippen molar-refractivity contribution < 1.29 is 4.79 Å². The third-order valence-corrected chi connectivity index (χ3v) is 3.66. The summed E-state index contributed by atoms with van der Waals surface area (Å²) in [6, 6.07) is 1.76. The molecule has 0 aromatic carbocycles. The van der Waals surface area contributed by atoms with E-state index in [1.165, 1.54) is 15.3 Å². The van der Waals surface area contributed by atoms with E-state index in [0.29, 0.717) is 6.42 Å². The Morgan fingerprint density at radius 2 is 2.19 bits per heavy atom. The van der Waals surface area contributed by atoms with Crippen molar-refractivity contribution in [1.29, 1.82) is 0 Å². The van der Waals surface area contributed by atoms with Gasteiger partial charge in [-0.05, 0) is 38.8 Å². The Labute approximate surface area is 101 Å². The number of rotatable bonds is 4. The van der Waals surface area contributed by atoms with Crippen molar-refractivity contribution in [1.82, 2.24) is 5.32 Å². The van der Waals surface area contributed by atoms with Crippen LogP contribution in [0.5, 0.6) is 0 Å². The molecule has 1 aromatic rings. The average molecular weight is 240 g/mol. The van der Waals surface area contributed by atoms with Crippen LogP contribution in [0.25, 0.3) is 0 Å². The van der Waals surface area contributed by atoms with Gasteiger partial charge in [0.25, 0.3) is 0 Å². The zero-order valence-electron chi connectivity index (χ0n) is 10.3. The number of carbonyl (C=O) groups is 1. The molecule has 90 valence electrons. The fourth-order valence-electron chi connectivity index (χ4n) is 1.66. The third-order valence-electron chi connectivity index (χ3n) is 2.68. The molecule has 0 bridgehead atoms. The smallest absolute Gasteiger partial charge is 0.237 e. The Morgan fingerprint density at radius 3 is 2.62 bits per heavy atom. The van der Waals surface area contributed by atoms with Gasteiger partial charge in [-0.3, -0.25) is 4.79 Å². The molecule has 1 heterocycles. The molecule has 0 saturated carbocycles. The molecule has 3 nitrogen and oxygen atoms in total. The summed E-state index contributed by atoms with van der Waals surface area (Å²) in [5.74, 6) is -0.0711. The highest BCUT2D eigenvalue weighted by Gasteiger charge is 2.17. The Kier molecular flexibility index (Phi) is 4.50. The summed E-state index contributed by atoms with van der Waals surface area (Å²) in [4.78, 5) is 14.2. The number of hydrogen-bond acceptors (Lipinski definition) is 3. The minimum atomic E-state index is -0.400. The van der Waals surface area contributed by atoms with Gasteiger partial charge in [0.1, 0.15) is 0 Å². The maximum Gasteiger partial charge on any atom is 0.237 e. The number of thiophene rings is 1. The number of nitrogens with two attached hydrogens (primary N) is 1. The second-order valence-electron chi connectivity index (χ2n) is 4.11. The van der Waals surface area contributed by atoms with Crippen LogP contribution in [-0.4, -0.2) is 11.9 Å². The highest BCUT2D eigenvalue weighted by atomic mass is 32.1. The Morgan fingerprint density at radius 1 is 1.56 bits per heavy atom. The van der Waals surface area contributed by atoms with E-state index in [1.807, 2.05) is 13.8 Å². The largest absolute Gasteiger partial charge is 0.348 e. The van der Waals surface area contributed by atoms with Gasteiger partial charge in [-0.25, -0.2) is 0 Å². The molecule has 0 radical (unpaired) electrons. The van der Waals surface area contributed by atoms with Crippen LogP contribution in [0, 0.1) is 13.8 Å². The molecule has 0 aliphatic rings. The summed E-state index contributed by atoms with van der Waals surface area (Å²) in [7, 11) is 0. The number of amides is 1. The van der Waals surface area contributed by atoms with Gasteiger partial charge in [0.05, 0.1) is 12.1 Å². The van der Waals surface area contributed by atoms with Crippen LogP contribution in [-0.2, 0) is 4.79 Å². The van der Waals surface area contributed by atoms with Crippen LogP contribution in [0.4, 0.5) is 0 Å². The van der Waals surface area contributed by atoms with Gasteiger partial charge in [-0.1, -0.05) is 6.92 Å². The topological polar surface area (TPSA) is 55.1 Å². The van der Waals surface area contributed by atoms with E-state index in [4.69, 9.17) is 5.73 Å². The van der Waals surface area contributed by atoms with Crippen molar-refractivity contribution in [3.05, 3.63) is 21.4 Å². The lowest BCUT2D eigenvalue weighted by atomic mass is 10.1. The fourth-order valence-corrected chi connectivity index (χ4v) is 2.69. The summed E-state index contributed by atoms with van der Waals surface area (Å²) >= 11 is 1.76. The summed E-state index contributed by atoms with van der Waals surface area (Å²) in [5, 5.41) is 2.94. The first-order valence-electron chi connectivity index (χ1n) is 5.58. The Hall–Kier alpha value is -0.870. The standard InChI is InChI=1S/C12H20N2OS/c1-5-11(13)12(15)14-8(3)10-6-7(2)16-9(10)4/h6,8,11H,5,13H2,1-4H3,(H,14,15)/t8?,11-/m0/s1. The van der Waals surface area contributed by atoms with Crippen molar-refractivity contribution in [3.63, 3.8) is 0 Å². The monoisotopic (exact) mass is 240 g/mol. The average Bonchev–Trinajstić information content (AvgIpc) is 2.56. The van der Waals surface area contributed by atoms with Crippen molar-refractivity contribution in [2.24, 2.45) is 5.73 Å². The molecular weight excluding hydrogens is 220 g/mol. The minimum absolute atomic E-state index is 0.0371. The van der Waals surface area contributed by atoms with E-state index in [2.05, 4.69) is 25.2 Å². The van der Waals surface area contributed by atoms with E-state index in [-0.39, 0.29) is 11.9 Å². The van der Waals surface area contributed by atoms with Crippen LogP contribution in [0.3, 0.4) is 0 Å². The molecule has 1 rings (SSSR count). The van der Waals surface area contributed by atoms with Crippen molar-refractivity contribution in [2.45, 2.75) is 46.2 Å². The molecule has 1 amide bonds. The number of aryl methyl sites for hydroxylation is 2. The predicted molar refractivity (Wildman–Crippen MR) is 68.6 cm³/mol. The van der Waals surface area contributed by atoms with Crippen LogP contribution in [0.15, 0.2) is 6.07 Å². The molecule has 16 heavy (non-hydrogen) atoms. The Balaban J connectivity index is 2.69. The normalized spacial score (nSPS) is 14.6. The van der Waals surface area contributed by atoms with Gasteiger partial charge in [-0.15, -0.1) is 11.3 Å². The summed E-state index contributed by atoms with van der Waals surface area (Å²) in [5.41, 5.74) is 6.87. The molecule has 0 aliphatic carbocycles. The first-order valence-corrected chi connectivity index (χ1v) is 6.40. The highest BCUT2D eigenvalue weighted by molar-refractivity contribution is 7.12. The fraction of sp³-hybridized carbons (Fsp3) is 0.583. The van der Waals surface area contributed by atoms with E-state index in [0.717, 1.165) is 0 Å². The zero-order chi connectivity index (χ0) is 12.3. The van der Waals surface area contributed by atoms with Crippen LogP contribution in [0.1, 0.15) is 41.6 Å². The van der Waals surface area contributed by atoms with Crippen LogP contribution >= 0.6 is 11.3 Å². The van der Waals surface area contributed by atoms with Crippen molar-refractivity contribution in [3.8, 4) is 0 Å². The summed E-state index contributed by atoms with van der Waals surface area (Å²) in [6.45, 7) is 8.06. The second kappa shape index (κ2) is 5.46. The van der Waals surface area contributed by atoms with Crippen LogP contribution in [0.2, 0.25) is 0 Å². The zero-order valence-corrected chi connectivity index (χ0v) is 11.1. The van der Waals surface area contributed by atoms with Crippen LogP contribution < -0.4 is 11.1 Å². The molecule has 1 unspecified atom stereocenters. The quantitative estimate of drug-likeness (QED) is 0.848. The molecule has 0 spiro atoms. The SMILES string of the molecule is CC[C@H](N)C(=O)NC(C)c1cc(C)sc1C. The molecule has 0 aliphatic heterocycles. The molecule has 0 fully saturated rings. The number of carbonyl (C=O) groups excluding carboxylic acids is 1. The lowest BCUT2D eigenvalue weighted by Gasteiger charge is -2.16. The predicted octanol–water partition coefficient (Wildman–Crippen LogP) is 2.28. The van der Waals surface area contributed by atoms with Gasteiger partial charge in [0.15, 0.2) is 0 Å². The second-order valence-corrected chi connectivity index (χ2v) is 5.57. The number of nitrogens with one attached hydrogen (secondary N) is 1. The van der Waals surface area contributed by atoms with Crippen molar-refractivity contribution >= 4 is 17.2 Å². The van der Waals surface area contributed by atoms with Gasteiger partial charge in [-0.2, -0.15) is 0 Å². The van der Waals surface area contributed by atoms with E-state index in [1.54, 1.807) is 11.3 Å². The van der Waals surface area contributed by atoms with Gasteiger partial charge >= 0.3 is 0 Å². The minimum Gasteiger partial charge on any atom is -0.348 e. The van der Waals surface area contributed by atoms with Gasteiger partial charge in [0.2, 0.25) is 5.91 Å². The maximum atomic E-state index is 11.6. The summed E-state index contributed by atoms with van der Waals surface area (Å²) in [6.07, 6.45) is 0.667. The molecule has 4 heteroatoms. The summed E-state index contributed by atoms with van der Waals surface area (Å²) < 4.78 is 0. The lowest BCUT2D eigenvalue weighted by Crippen LogP contribution is -2.41. The highest BCUT2D eigenvalue weighted by Crippen LogP contribution is 2.26. The third kappa shape index (κ3) is 3.06. The van der Waals surface area contributed by atoms with Gasteiger partial charge < -0.3 is 11.1 Å². The van der Waals surface area contributed by atoms with Gasteiger partial charge in [0, 0.05) is 9.75 Å². The maximum absolute atomic E-state index is 11.6.